The minimum atomic E-state index is -0.344. The van der Waals surface area contributed by atoms with Gasteiger partial charge in [0.15, 0.2) is 5.05 Å². The summed E-state index contributed by atoms with van der Waals surface area (Å²) >= 11 is 5.50. The molecule has 0 fully saturated rings. The van der Waals surface area contributed by atoms with Crippen molar-refractivity contribution < 1.29 is 9.15 Å². The lowest BCUT2D eigenvalue weighted by Gasteiger charge is -2.32. The van der Waals surface area contributed by atoms with Crippen LogP contribution in [0.3, 0.4) is 0 Å². The van der Waals surface area contributed by atoms with Crippen molar-refractivity contribution in [3.63, 3.8) is 0 Å². The van der Waals surface area contributed by atoms with E-state index in [0.717, 1.165) is 30.5 Å². The van der Waals surface area contributed by atoms with Gasteiger partial charge < -0.3 is 19.8 Å². The van der Waals surface area contributed by atoms with Gasteiger partial charge in [0.25, 0.3) is 0 Å². The molecular weight excluding hydrogens is 360 g/mol. The molecule has 0 spiro atoms. The van der Waals surface area contributed by atoms with Crippen LogP contribution in [0.1, 0.15) is 33.6 Å². The van der Waals surface area contributed by atoms with E-state index in [-0.39, 0.29) is 11.0 Å². The summed E-state index contributed by atoms with van der Waals surface area (Å²) in [6.45, 7) is 8.31. The molecule has 0 amide bonds. The summed E-state index contributed by atoms with van der Waals surface area (Å²) in [5.74, 6) is 0.368. The van der Waals surface area contributed by atoms with E-state index >= 15 is 0 Å². The van der Waals surface area contributed by atoms with Gasteiger partial charge in [-0.2, -0.15) is 0 Å². The summed E-state index contributed by atoms with van der Waals surface area (Å²) in [6, 6.07) is 9.09. The van der Waals surface area contributed by atoms with Crippen molar-refractivity contribution in [2.45, 2.75) is 33.6 Å². The number of anilines is 1. The van der Waals surface area contributed by atoms with E-state index in [4.69, 9.17) is 27.1 Å². The molecule has 0 aliphatic heterocycles. The first kappa shape index (κ1) is 21.4. The lowest BCUT2D eigenvalue weighted by atomic mass is 9.79. The van der Waals surface area contributed by atoms with Crippen molar-refractivity contribution in [1.82, 2.24) is 0 Å². The first-order valence-electron chi connectivity index (χ1n) is 9.38. The topological polar surface area (TPSA) is 68.7 Å². The Morgan fingerprint density at radius 2 is 2.07 bits per heavy atom. The maximum Gasteiger partial charge on any atom is 0.338 e. The van der Waals surface area contributed by atoms with E-state index < -0.39 is 0 Å². The van der Waals surface area contributed by atoms with Crippen LogP contribution in [-0.4, -0.2) is 31.8 Å². The summed E-state index contributed by atoms with van der Waals surface area (Å²) in [5, 5.41) is 1.56. The Labute approximate surface area is 166 Å². The average Bonchev–Trinajstić information content (AvgIpc) is 2.64. The van der Waals surface area contributed by atoms with E-state index in [1.807, 2.05) is 30.1 Å². The Morgan fingerprint density at radius 3 is 2.78 bits per heavy atom. The van der Waals surface area contributed by atoms with Crippen molar-refractivity contribution in [2.24, 2.45) is 17.1 Å². The van der Waals surface area contributed by atoms with Crippen molar-refractivity contribution in [3.8, 4) is 0 Å². The largest absolute Gasteiger partial charge is 0.486 e. The van der Waals surface area contributed by atoms with Crippen molar-refractivity contribution in [3.05, 3.63) is 40.8 Å². The number of nitrogens with two attached hydrogens (primary N) is 1. The SMILES string of the molecule is CC(CCN)C(C)(C)C(=S)OCCCN(C)c1cc(=O)oc2ccccc12. The van der Waals surface area contributed by atoms with E-state index in [0.29, 0.717) is 29.7 Å². The van der Waals surface area contributed by atoms with Crippen LogP contribution < -0.4 is 16.3 Å². The average molecular weight is 391 g/mol. The number of nitrogens with zero attached hydrogens (tertiary/aromatic N) is 1. The first-order valence-corrected chi connectivity index (χ1v) is 9.79. The Bertz CT molecular complexity index is 832. The quantitative estimate of drug-likeness (QED) is 0.397. The van der Waals surface area contributed by atoms with Gasteiger partial charge in [0, 0.05) is 30.5 Å². The van der Waals surface area contributed by atoms with Crippen LogP contribution in [0, 0.1) is 11.3 Å². The van der Waals surface area contributed by atoms with E-state index in [9.17, 15) is 4.79 Å². The molecule has 1 aromatic carbocycles. The highest BCUT2D eigenvalue weighted by Crippen LogP contribution is 2.31. The van der Waals surface area contributed by atoms with Gasteiger partial charge in [0.1, 0.15) is 5.58 Å². The fourth-order valence-corrected chi connectivity index (χ4v) is 3.28. The molecule has 6 heteroatoms. The summed E-state index contributed by atoms with van der Waals surface area (Å²) in [6.07, 6.45) is 1.72. The Balaban J connectivity index is 1.93. The zero-order chi connectivity index (χ0) is 20.0. The third-order valence-corrected chi connectivity index (χ3v) is 5.91. The van der Waals surface area contributed by atoms with Crippen LogP contribution in [0.5, 0.6) is 0 Å². The number of ether oxygens (including phenoxy) is 1. The van der Waals surface area contributed by atoms with E-state index in [2.05, 4.69) is 20.8 Å². The molecule has 1 heterocycles. The molecule has 0 radical (unpaired) electrons. The van der Waals surface area contributed by atoms with E-state index in [1.54, 1.807) is 6.07 Å². The number of hydrogen-bond donors (Lipinski definition) is 1. The minimum absolute atomic E-state index is 0.185. The smallest absolute Gasteiger partial charge is 0.338 e. The summed E-state index contributed by atoms with van der Waals surface area (Å²) in [5.41, 5.74) is 6.60. The molecule has 2 aromatic rings. The second-order valence-electron chi connectivity index (χ2n) is 7.56. The molecule has 2 rings (SSSR count). The van der Waals surface area contributed by atoms with Crippen molar-refractivity contribution in [1.29, 1.82) is 0 Å². The number of fused-ring (bicyclic) bond motifs is 1. The number of thiocarbonyl (C=S) groups is 1. The monoisotopic (exact) mass is 390 g/mol. The van der Waals surface area contributed by atoms with Gasteiger partial charge in [0.05, 0.1) is 12.3 Å². The van der Waals surface area contributed by atoms with Crippen LogP contribution >= 0.6 is 12.2 Å². The minimum Gasteiger partial charge on any atom is -0.486 e. The summed E-state index contributed by atoms with van der Waals surface area (Å²) in [7, 11) is 1.97. The molecule has 1 atom stereocenters. The zero-order valence-corrected chi connectivity index (χ0v) is 17.5. The molecule has 27 heavy (non-hydrogen) atoms. The molecule has 148 valence electrons. The van der Waals surface area contributed by atoms with Crippen LogP contribution in [0.15, 0.2) is 39.5 Å². The molecule has 0 aliphatic rings. The molecule has 5 nitrogen and oxygen atoms in total. The predicted octanol–water partition coefficient (Wildman–Crippen LogP) is 3.97. The normalized spacial score (nSPS) is 12.8. The van der Waals surface area contributed by atoms with Gasteiger partial charge >= 0.3 is 5.63 Å². The van der Waals surface area contributed by atoms with Gasteiger partial charge in [-0.15, -0.1) is 0 Å². The fraction of sp³-hybridized carbons (Fsp3) is 0.524. The third-order valence-electron chi connectivity index (χ3n) is 5.27. The molecule has 0 bridgehead atoms. The molecular formula is C21H30N2O3S. The van der Waals surface area contributed by atoms with Crippen molar-refractivity contribution >= 4 is 33.9 Å². The second kappa shape index (κ2) is 9.33. The van der Waals surface area contributed by atoms with Crippen LogP contribution in [0.2, 0.25) is 0 Å². The van der Waals surface area contributed by atoms with Crippen LogP contribution in [-0.2, 0) is 4.74 Å². The molecule has 1 unspecified atom stereocenters. The molecule has 0 aliphatic carbocycles. The standard InChI is InChI=1S/C21H30N2O3S/c1-15(10-11-22)21(2,3)20(27)25-13-7-12-23(4)17-14-19(24)26-18-9-6-5-8-16(17)18/h5-6,8-9,14-15H,7,10-13,22H2,1-4H3. The van der Waals surface area contributed by atoms with Gasteiger partial charge in [0.2, 0.25) is 0 Å². The van der Waals surface area contributed by atoms with Crippen LogP contribution in [0.25, 0.3) is 11.0 Å². The highest BCUT2D eigenvalue weighted by atomic mass is 32.1. The number of hydrogen-bond acceptors (Lipinski definition) is 6. The predicted molar refractivity (Wildman–Crippen MR) is 116 cm³/mol. The second-order valence-corrected chi connectivity index (χ2v) is 7.93. The van der Waals surface area contributed by atoms with Crippen LogP contribution in [0.4, 0.5) is 5.69 Å². The highest BCUT2D eigenvalue weighted by molar-refractivity contribution is 7.80. The van der Waals surface area contributed by atoms with Gasteiger partial charge in [-0.25, -0.2) is 4.79 Å². The molecule has 1 aromatic heterocycles. The fourth-order valence-electron chi connectivity index (χ4n) is 3.00. The van der Waals surface area contributed by atoms with Crippen molar-refractivity contribution in [2.75, 3.05) is 31.6 Å². The molecule has 0 saturated carbocycles. The zero-order valence-electron chi connectivity index (χ0n) is 16.7. The Kier molecular flexibility index (Phi) is 7.39. The lowest BCUT2D eigenvalue weighted by molar-refractivity contribution is 0.220. The Hall–Kier alpha value is -1.92. The maximum atomic E-state index is 11.8. The van der Waals surface area contributed by atoms with Gasteiger partial charge in [-0.1, -0.05) is 32.9 Å². The first-order chi connectivity index (χ1) is 12.8. The number of benzene rings is 1. The summed E-state index contributed by atoms with van der Waals surface area (Å²) < 4.78 is 11.1. The number of para-hydroxylation sites is 1. The number of rotatable bonds is 9. The highest BCUT2D eigenvalue weighted by Gasteiger charge is 2.31. The summed E-state index contributed by atoms with van der Waals surface area (Å²) in [4.78, 5) is 13.9. The molecule has 0 saturated heterocycles. The lowest BCUT2D eigenvalue weighted by Crippen LogP contribution is -2.33. The third kappa shape index (κ3) is 5.30. The molecule has 2 N–H and O–H groups in total. The van der Waals surface area contributed by atoms with E-state index in [1.165, 1.54) is 6.07 Å². The Morgan fingerprint density at radius 1 is 1.37 bits per heavy atom. The van der Waals surface area contributed by atoms with Gasteiger partial charge in [-0.05, 0) is 49.7 Å². The maximum absolute atomic E-state index is 11.8. The van der Waals surface area contributed by atoms with Gasteiger partial charge in [-0.3, -0.25) is 0 Å².